The number of anilines is 1. The molecule has 0 atom stereocenters. The Bertz CT molecular complexity index is 464. The van der Waals surface area contributed by atoms with Gasteiger partial charge in [-0.15, -0.1) is 0 Å². The molecule has 0 aromatic carbocycles. The highest BCUT2D eigenvalue weighted by molar-refractivity contribution is 6.30. The second kappa shape index (κ2) is 4.37. The minimum Gasteiger partial charge on any atom is -0.465 e. The first-order valence-corrected chi connectivity index (χ1v) is 5.57. The molecule has 0 saturated heterocycles. The summed E-state index contributed by atoms with van der Waals surface area (Å²) in [6, 6.07) is 0. The molecule has 0 unspecified atom stereocenters. The zero-order valence-electron chi connectivity index (χ0n) is 9.64. The third-order valence-electron chi connectivity index (χ3n) is 2.67. The van der Waals surface area contributed by atoms with Crippen LogP contribution in [0.3, 0.4) is 0 Å². The number of nitrogens with zero attached hydrogens (tertiary/aromatic N) is 4. The fourth-order valence-electron chi connectivity index (χ4n) is 1.74. The van der Waals surface area contributed by atoms with Gasteiger partial charge < -0.3 is 14.9 Å². The van der Waals surface area contributed by atoms with E-state index in [-0.39, 0.29) is 6.54 Å². The average molecular weight is 257 g/mol. The Kier molecular flexibility index (Phi) is 3.06. The van der Waals surface area contributed by atoms with E-state index in [1.807, 2.05) is 14.1 Å². The second-order valence-electron chi connectivity index (χ2n) is 4.09. The van der Waals surface area contributed by atoms with Gasteiger partial charge in [-0.3, -0.25) is 0 Å². The monoisotopic (exact) mass is 256 g/mol. The fraction of sp³-hybridized carbons (Fsp3) is 0.500. The summed E-state index contributed by atoms with van der Waals surface area (Å²) in [7, 11) is 3.63. The average Bonchev–Trinajstić information content (AvgIpc) is 2.27. The van der Waals surface area contributed by atoms with Crippen molar-refractivity contribution in [3.8, 4) is 0 Å². The Labute approximate surface area is 104 Å². The highest BCUT2D eigenvalue weighted by Crippen LogP contribution is 2.25. The van der Waals surface area contributed by atoms with Crippen molar-refractivity contribution in [1.82, 2.24) is 14.9 Å². The van der Waals surface area contributed by atoms with Gasteiger partial charge in [0.15, 0.2) is 0 Å². The molecule has 92 valence electrons. The molecular weight excluding hydrogens is 244 g/mol. The molecule has 1 aromatic heterocycles. The number of carbonyl (C=O) groups is 1. The summed E-state index contributed by atoms with van der Waals surface area (Å²) in [5.74, 6) is 0.501. The molecule has 1 aliphatic rings. The van der Waals surface area contributed by atoms with E-state index >= 15 is 0 Å². The zero-order chi connectivity index (χ0) is 12.6. The van der Waals surface area contributed by atoms with Gasteiger partial charge in [0.25, 0.3) is 0 Å². The normalized spacial score (nSPS) is 14.4. The molecule has 17 heavy (non-hydrogen) atoms. The molecule has 1 N–H and O–H groups in total. The van der Waals surface area contributed by atoms with E-state index in [0.29, 0.717) is 29.8 Å². The van der Waals surface area contributed by atoms with E-state index < -0.39 is 6.09 Å². The van der Waals surface area contributed by atoms with Crippen LogP contribution in [0.15, 0.2) is 0 Å². The first-order valence-electron chi connectivity index (χ1n) is 5.19. The smallest absolute Gasteiger partial charge is 0.407 e. The summed E-state index contributed by atoms with van der Waals surface area (Å²) in [5.41, 5.74) is 1.55. The molecular formula is C10H13ClN4O2. The lowest BCUT2D eigenvalue weighted by molar-refractivity contribution is 0.139. The highest BCUT2D eigenvalue weighted by Gasteiger charge is 2.24. The lowest BCUT2D eigenvalue weighted by Crippen LogP contribution is -2.36. The van der Waals surface area contributed by atoms with Gasteiger partial charge in [0, 0.05) is 26.2 Å². The molecule has 6 nitrogen and oxygen atoms in total. The van der Waals surface area contributed by atoms with Crippen LogP contribution in [0.25, 0.3) is 0 Å². The van der Waals surface area contributed by atoms with Crippen LogP contribution in [0.4, 0.5) is 10.7 Å². The van der Waals surface area contributed by atoms with Crippen LogP contribution in [0, 0.1) is 0 Å². The van der Waals surface area contributed by atoms with Crippen molar-refractivity contribution in [2.24, 2.45) is 0 Å². The molecule has 1 aromatic rings. The Hall–Kier alpha value is -1.56. The number of rotatable bonds is 1. The first kappa shape index (κ1) is 11.9. The number of amides is 1. The molecule has 0 spiro atoms. The Balaban J connectivity index is 2.38. The standard InChI is InChI=1S/C10H13ClN4O2/c1-14(2)9-12-7-5-15(10(16)17)4-3-6(7)8(11)13-9/h3-5H2,1-2H3,(H,16,17). The van der Waals surface area contributed by atoms with Gasteiger partial charge in [-0.25, -0.2) is 14.8 Å². The van der Waals surface area contributed by atoms with E-state index in [2.05, 4.69) is 9.97 Å². The predicted octanol–water partition coefficient (Wildman–Crippen LogP) is 1.23. The van der Waals surface area contributed by atoms with Gasteiger partial charge in [0.05, 0.1) is 12.2 Å². The van der Waals surface area contributed by atoms with Gasteiger partial charge in [-0.2, -0.15) is 0 Å². The van der Waals surface area contributed by atoms with Crippen LogP contribution in [0.2, 0.25) is 5.15 Å². The maximum atomic E-state index is 10.9. The van der Waals surface area contributed by atoms with Crippen molar-refractivity contribution in [3.05, 3.63) is 16.4 Å². The van der Waals surface area contributed by atoms with Crippen LogP contribution < -0.4 is 4.90 Å². The molecule has 0 bridgehead atoms. The van der Waals surface area contributed by atoms with Crippen molar-refractivity contribution >= 4 is 23.6 Å². The number of halogens is 1. The molecule has 0 radical (unpaired) electrons. The van der Waals surface area contributed by atoms with Crippen molar-refractivity contribution in [2.75, 3.05) is 25.5 Å². The lowest BCUT2D eigenvalue weighted by Gasteiger charge is -2.26. The van der Waals surface area contributed by atoms with E-state index in [9.17, 15) is 4.79 Å². The minimum absolute atomic E-state index is 0.272. The predicted molar refractivity (Wildman–Crippen MR) is 63.5 cm³/mol. The SMILES string of the molecule is CN(C)c1nc(Cl)c2c(n1)CN(C(=O)O)CC2. The second-order valence-corrected chi connectivity index (χ2v) is 4.45. The van der Waals surface area contributed by atoms with Gasteiger partial charge in [-0.05, 0) is 6.42 Å². The largest absolute Gasteiger partial charge is 0.465 e. The summed E-state index contributed by atoms with van der Waals surface area (Å²) in [6.45, 7) is 0.709. The first-order chi connectivity index (χ1) is 7.99. The molecule has 7 heteroatoms. The summed E-state index contributed by atoms with van der Waals surface area (Å²) >= 11 is 6.07. The Morgan fingerprint density at radius 2 is 2.18 bits per heavy atom. The number of carboxylic acid groups (broad SMARTS) is 1. The van der Waals surface area contributed by atoms with E-state index in [1.165, 1.54) is 4.90 Å². The van der Waals surface area contributed by atoms with Crippen LogP contribution >= 0.6 is 11.6 Å². The maximum Gasteiger partial charge on any atom is 0.407 e. The molecule has 1 aliphatic heterocycles. The fourth-order valence-corrected chi connectivity index (χ4v) is 2.01. The highest BCUT2D eigenvalue weighted by atomic mass is 35.5. The van der Waals surface area contributed by atoms with Gasteiger partial charge in [-0.1, -0.05) is 11.6 Å². The Morgan fingerprint density at radius 1 is 1.47 bits per heavy atom. The molecule has 2 heterocycles. The van der Waals surface area contributed by atoms with E-state index in [4.69, 9.17) is 16.7 Å². The molecule has 0 fully saturated rings. The number of aromatic nitrogens is 2. The molecule has 2 rings (SSSR count). The van der Waals surface area contributed by atoms with Crippen LogP contribution in [-0.4, -0.2) is 46.7 Å². The van der Waals surface area contributed by atoms with Crippen LogP contribution in [-0.2, 0) is 13.0 Å². The number of hydrogen-bond donors (Lipinski definition) is 1. The van der Waals surface area contributed by atoms with Crippen molar-refractivity contribution in [1.29, 1.82) is 0 Å². The summed E-state index contributed by atoms with van der Waals surface area (Å²) in [5, 5.41) is 9.37. The van der Waals surface area contributed by atoms with E-state index in [1.54, 1.807) is 4.90 Å². The summed E-state index contributed by atoms with van der Waals surface area (Å²) in [6.07, 6.45) is -0.370. The third kappa shape index (κ3) is 2.26. The van der Waals surface area contributed by atoms with Crippen molar-refractivity contribution in [3.63, 3.8) is 0 Å². The quantitative estimate of drug-likeness (QED) is 0.766. The van der Waals surface area contributed by atoms with Crippen LogP contribution in [0.1, 0.15) is 11.3 Å². The van der Waals surface area contributed by atoms with Crippen LogP contribution in [0.5, 0.6) is 0 Å². The summed E-state index contributed by atoms with van der Waals surface area (Å²) < 4.78 is 0. The lowest BCUT2D eigenvalue weighted by atomic mass is 10.1. The third-order valence-corrected chi connectivity index (χ3v) is 2.99. The van der Waals surface area contributed by atoms with Crippen molar-refractivity contribution in [2.45, 2.75) is 13.0 Å². The summed E-state index contributed by atoms with van der Waals surface area (Å²) in [4.78, 5) is 22.5. The molecule has 1 amide bonds. The zero-order valence-corrected chi connectivity index (χ0v) is 10.4. The molecule has 0 aliphatic carbocycles. The van der Waals surface area contributed by atoms with Crippen molar-refractivity contribution < 1.29 is 9.90 Å². The van der Waals surface area contributed by atoms with E-state index in [0.717, 1.165) is 5.56 Å². The Morgan fingerprint density at radius 3 is 2.76 bits per heavy atom. The van der Waals surface area contributed by atoms with Gasteiger partial charge >= 0.3 is 6.09 Å². The number of hydrogen-bond acceptors (Lipinski definition) is 4. The van der Waals surface area contributed by atoms with Gasteiger partial charge in [0.2, 0.25) is 5.95 Å². The van der Waals surface area contributed by atoms with Gasteiger partial charge in [0.1, 0.15) is 5.15 Å². The minimum atomic E-state index is -0.934. The topological polar surface area (TPSA) is 69.6 Å². The number of fused-ring (bicyclic) bond motifs is 1. The maximum absolute atomic E-state index is 10.9. The molecule has 0 saturated carbocycles.